The molecule has 1 nitrogen and oxygen atoms in total. The van der Waals surface area contributed by atoms with Crippen molar-refractivity contribution in [1.82, 2.24) is 0 Å². The highest BCUT2D eigenvalue weighted by Crippen LogP contribution is 2.42. The Morgan fingerprint density at radius 2 is 1.22 bits per heavy atom. The predicted octanol–water partition coefficient (Wildman–Crippen LogP) is 10.6. The largest absolute Gasteiger partial charge is 0.493 e. The summed E-state index contributed by atoms with van der Waals surface area (Å²) in [5.41, 5.74) is 1.46. The minimum Gasteiger partial charge on any atom is -0.493 e. The third-order valence-corrected chi connectivity index (χ3v) is 10.1. The smallest absolute Gasteiger partial charge is 0.119 e. The van der Waals surface area contributed by atoms with Gasteiger partial charge in [0, 0.05) is 0 Å². The zero-order valence-corrected chi connectivity index (χ0v) is 23.8. The van der Waals surface area contributed by atoms with Crippen LogP contribution in [0.2, 0.25) is 0 Å². The van der Waals surface area contributed by atoms with Crippen molar-refractivity contribution in [2.75, 3.05) is 6.61 Å². The second-order valence-electron chi connectivity index (χ2n) is 12.8. The summed E-state index contributed by atoms with van der Waals surface area (Å²) in [4.78, 5) is 0. The summed E-state index contributed by atoms with van der Waals surface area (Å²) in [6, 6.07) is 9.04. The molecule has 2 fully saturated rings. The first-order chi connectivity index (χ1) is 17.7. The van der Waals surface area contributed by atoms with Crippen molar-refractivity contribution in [2.24, 2.45) is 35.5 Å². The minimum atomic E-state index is 0.765. The van der Waals surface area contributed by atoms with E-state index in [4.69, 9.17) is 4.74 Å². The summed E-state index contributed by atoms with van der Waals surface area (Å²) in [7, 11) is 0. The second-order valence-corrected chi connectivity index (χ2v) is 12.8. The van der Waals surface area contributed by atoms with Gasteiger partial charge in [-0.25, -0.2) is 0 Å². The first-order valence-electron chi connectivity index (χ1n) is 16.1. The van der Waals surface area contributed by atoms with Crippen LogP contribution in [0.1, 0.15) is 129 Å². The lowest BCUT2D eigenvalue weighted by molar-refractivity contribution is 0.121. The van der Waals surface area contributed by atoms with Crippen molar-refractivity contribution in [3.05, 3.63) is 42.0 Å². The molecular weight excluding hydrogens is 436 g/mol. The van der Waals surface area contributed by atoms with Gasteiger partial charge in [0.05, 0.1) is 6.61 Å². The predicted molar refractivity (Wildman–Crippen MR) is 156 cm³/mol. The maximum absolute atomic E-state index is 6.26. The topological polar surface area (TPSA) is 9.23 Å². The van der Waals surface area contributed by atoms with Gasteiger partial charge in [-0.3, -0.25) is 0 Å². The number of hydrogen-bond acceptors (Lipinski definition) is 1. The fourth-order valence-electron chi connectivity index (χ4n) is 7.56. The van der Waals surface area contributed by atoms with Crippen molar-refractivity contribution < 1.29 is 4.74 Å². The van der Waals surface area contributed by atoms with Crippen molar-refractivity contribution in [3.8, 4) is 5.75 Å². The molecule has 0 radical (unpaired) electrons. The van der Waals surface area contributed by atoms with E-state index in [0.717, 1.165) is 47.9 Å². The van der Waals surface area contributed by atoms with Gasteiger partial charge in [0.1, 0.15) is 5.75 Å². The highest BCUT2D eigenvalue weighted by molar-refractivity contribution is 5.27. The van der Waals surface area contributed by atoms with Gasteiger partial charge in [-0.2, -0.15) is 0 Å². The van der Waals surface area contributed by atoms with Crippen LogP contribution >= 0.6 is 0 Å². The molecule has 3 aliphatic rings. The number of ether oxygens (including phenoxy) is 1. The minimum absolute atomic E-state index is 0.765. The first kappa shape index (κ1) is 27.8. The number of hydrogen-bond donors (Lipinski definition) is 0. The van der Waals surface area contributed by atoms with E-state index in [-0.39, 0.29) is 0 Å². The molecule has 0 aromatic heterocycles. The van der Waals surface area contributed by atoms with E-state index in [2.05, 4.69) is 50.3 Å². The molecule has 2 unspecified atom stereocenters. The van der Waals surface area contributed by atoms with Crippen LogP contribution in [0.15, 0.2) is 36.4 Å². The van der Waals surface area contributed by atoms with E-state index >= 15 is 0 Å². The molecule has 0 amide bonds. The number of benzene rings is 1. The maximum Gasteiger partial charge on any atom is 0.119 e. The first-order valence-corrected chi connectivity index (χ1v) is 16.1. The van der Waals surface area contributed by atoms with Crippen LogP contribution in [0.5, 0.6) is 5.75 Å². The summed E-state index contributed by atoms with van der Waals surface area (Å²) < 4.78 is 6.26. The Labute approximate surface area is 223 Å². The molecule has 202 valence electrons. The van der Waals surface area contributed by atoms with Gasteiger partial charge in [-0.1, -0.05) is 83.1 Å². The molecule has 0 saturated heterocycles. The molecule has 36 heavy (non-hydrogen) atoms. The van der Waals surface area contributed by atoms with Crippen LogP contribution < -0.4 is 4.74 Å². The van der Waals surface area contributed by atoms with Gasteiger partial charge in [-0.05, 0) is 124 Å². The SMILES string of the molecule is CCCCCC1CCC(C2CCC(COc3ccc(CCC4C=CC(CCC)CC4)cc3)CC2)CC1. The Morgan fingerprint density at radius 3 is 1.81 bits per heavy atom. The lowest BCUT2D eigenvalue weighted by Gasteiger charge is -2.38. The summed E-state index contributed by atoms with van der Waals surface area (Å²) in [5, 5.41) is 0. The molecule has 1 heteroatoms. The fourth-order valence-corrected chi connectivity index (χ4v) is 7.56. The van der Waals surface area contributed by atoms with Crippen LogP contribution in [0.3, 0.4) is 0 Å². The van der Waals surface area contributed by atoms with Crippen LogP contribution in [0.25, 0.3) is 0 Å². The zero-order chi connectivity index (χ0) is 25.0. The Balaban J connectivity index is 1.09. The van der Waals surface area contributed by atoms with Crippen molar-refractivity contribution >= 4 is 0 Å². The molecule has 0 N–H and O–H groups in total. The molecule has 0 spiro atoms. The van der Waals surface area contributed by atoms with Crippen molar-refractivity contribution in [3.63, 3.8) is 0 Å². The second kappa shape index (κ2) is 15.2. The Bertz CT molecular complexity index is 732. The lowest BCUT2D eigenvalue weighted by atomic mass is 9.69. The van der Waals surface area contributed by atoms with Gasteiger partial charge < -0.3 is 4.74 Å². The van der Waals surface area contributed by atoms with E-state index in [1.807, 2.05) is 0 Å². The zero-order valence-electron chi connectivity index (χ0n) is 23.8. The Hall–Kier alpha value is -1.24. The summed E-state index contributed by atoms with van der Waals surface area (Å²) in [6.07, 6.45) is 30.5. The standard InChI is InChI=1S/C35H56O/c1-3-5-6-8-29-15-21-33(22-16-29)34-23-17-32(18-24-34)27-36-35-25-19-31(20-26-35)14-13-30-11-9-28(7-4-2)10-12-30/h9,11,19-20,25-26,28-30,32-34H,3-8,10,12-18,21-24,27H2,1-2H3. The van der Waals surface area contributed by atoms with Crippen LogP contribution in [-0.4, -0.2) is 6.61 Å². The van der Waals surface area contributed by atoms with Crippen LogP contribution in [0, 0.1) is 35.5 Å². The average molecular weight is 493 g/mol. The number of rotatable bonds is 13. The van der Waals surface area contributed by atoms with E-state index in [9.17, 15) is 0 Å². The van der Waals surface area contributed by atoms with E-state index in [1.165, 1.54) is 121 Å². The van der Waals surface area contributed by atoms with Crippen molar-refractivity contribution in [2.45, 2.75) is 129 Å². The molecule has 0 bridgehead atoms. The molecule has 1 aromatic rings. The van der Waals surface area contributed by atoms with E-state index in [1.54, 1.807) is 0 Å². The summed E-state index contributed by atoms with van der Waals surface area (Å²) in [5.74, 6) is 6.55. The molecule has 0 aliphatic heterocycles. The van der Waals surface area contributed by atoms with E-state index in [0.29, 0.717) is 0 Å². The highest BCUT2D eigenvalue weighted by atomic mass is 16.5. The quantitative estimate of drug-likeness (QED) is 0.196. The van der Waals surface area contributed by atoms with Gasteiger partial charge in [0.15, 0.2) is 0 Å². The molecule has 1 aromatic carbocycles. The highest BCUT2D eigenvalue weighted by Gasteiger charge is 2.31. The third kappa shape index (κ3) is 8.95. The van der Waals surface area contributed by atoms with Crippen LogP contribution in [0.4, 0.5) is 0 Å². The average Bonchev–Trinajstić information content (AvgIpc) is 2.93. The number of aryl methyl sites for hydroxylation is 1. The normalized spacial score (nSPS) is 30.8. The third-order valence-electron chi connectivity index (χ3n) is 10.1. The monoisotopic (exact) mass is 492 g/mol. The van der Waals surface area contributed by atoms with Gasteiger partial charge in [-0.15, -0.1) is 0 Å². The van der Waals surface area contributed by atoms with Crippen molar-refractivity contribution in [1.29, 1.82) is 0 Å². The number of allylic oxidation sites excluding steroid dienone is 2. The molecule has 2 saturated carbocycles. The summed E-state index contributed by atoms with van der Waals surface area (Å²) >= 11 is 0. The van der Waals surface area contributed by atoms with E-state index < -0.39 is 0 Å². The molecular formula is C35H56O. The summed E-state index contributed by atoms with van der Waals surface area (Å²) in [6.45, 7) is 5.55. The molecule has 0 heterocycles. The molecule has 4 rings (SSSR count). The molecule has 3 aliphatic carbocycles. The van der Waals surface area contributed by atoms with Gasteiger partial charge in [0.2, 0.25) is 0 Å². The number of unbranched alkanes of at least 4 members (excludes halogenated alkanes) is 2. The Kier molecular flexibility index (Phi) is 11.8. The Morgan fingerprint density at radius 1 is 0.611 bits per heavy atom. The fraction of sp³-hybridized carbons (Fsp3) is 0.771. The molecule has 2 atom stereocenters. The lowest BCUT2D eigenvalue weighted by Crippen LogP contribution is -2.27. The van der Waals surface area contributed by atoms with Crippen LogP contribution in [-0.2, 0) is 6.42 Å². The van der Waals surface area contributed by atoms with Gasteiger partial charge in [0.25, 0.3) is 0 Å². The maximum atomic E-state index is 6.26. The van der Waals surface area contributed by atoms with Gasteiger partial charge >= 0.3 is 0 Å².